The predicted octanol–water partition coefficient (Wildman–Crippen LogP) is 4.00. The van der Waals surface area contributed by atoms with E-state index in [1.165, 1.54) is 35.9 Å². The van der Waals surface area contributed by atoms with Crippen LogP contribution in [0, 0.1) is 17.1 Å². The average Bonchev–Trinajstić information content (AvgIpc) is 3.01. The Morgan fingerprint density at radius 3 is 2.64 bits per heavy atom. The lowest BCUT2D eigenvalue weighted by molar-refractivity contribution is 0.151. The molecule has 1 unspecified atom stereocenters. The number of H-pyrrole nitrogens is 1. The van der Waals surface area contributed by atoms with E-state index in [0.717, 1.165) is 12.1 Å². The van der Waals surface area contributed by atoms with Crippen molar-refractivity contribution in [3.05, 3.63) is 75.2 Å². The Balaban J connectivity index is 1.98. The fourth-order valence-corrected chi connectivity index (χ4v) is 2.83. The minimum atomic E-state index is -2.80. The lowest BCUT2D eigenvalue weighted by atomic mass is 9.99. The topological polar surface area (TPSA) is 83.7 Å². The van der Waals surface area contributed by atoms with Gasteiger partial charge >= 0.3 is 5.69 Å². The molecule has 0 spiro atoms. The van der Waals surface area contributed by atoms with Gasteiger partial charge in [0.05, 0.1) is 11.6 Å². The van der Waals surface area contributed by atoms with Gasteiger partial charge in [-0.2, -0.15) is 10.4 Å². The lowest BCUT2D eigenvalue weighted by Gasteiger charge is -2.15. The maximum Gasteiger partial charge on any atom is 0.343 e. The van der Waals surface area contributed by atoms with Crippen molar-refractivity contribution in [2.75, 3.05) is 0 Å². The number of rotatable bonds is 5. The summed E-state index contributed by atoms with van der Waals surface area (Å²) in [4.78, 5) is 11.6. The number of nitriles is 1. The van der Waals surface area contributed by atoms with E-state index in [0.29, 0.717) is 5.82 Å². The van der Waals surface area contributed by atoms with E-state index in [1.54, 1.807) is 13.0 Å². The van der Waals surface area contributed by atoms with Crippen molar-refractivity contribution in [2.24, 2.45) is 7.05 Å². The monoisotopic (exact) mass is 388 g/mol. The van der Waals surface area contributed by atoms with Crippen LogP contribution in [-0.2, 0) is 7.05 Å². The summed E-state index contributed by atoms with van der Waals surface area (Å²) in [7, 11) is 1.51. The van der Waals surface area contributed by atoms with Gasteiger partial charge in [-0.3, -0.25) is 4.57 Å². The highest BCUT2D eigenvalue weighted by molar-refractivity contribution is 5.44. The highest BCUT2D eigenvalue weighted by Gasteiger charge is 2.21. The number of halogens is 3. The summed E-state index contributed by atoms with van der Waals surface area (Å²) in [6.45, 7) is 1.67. The second-order valence-corrected chi connectivity index (χ2v) is 6.13. The second kappa shape index (κ2) is 7.60. The molecule has 3 rings (SSSR count). The molecular formula is C19H15F3N4O2. The van der Waals surface area contributed by atoms with Crippen LogP contribution in [0.5, 0.6) is 11.5 Å². The Bertz CT molecular complexity index is 1120. The first-order valence-corrected chi connectivity index (χ1v) is 8.22. The van der Waals surface area contributed by atoms with Gasteiger partial charge in [0.25, 0.3) is 6.43 Å². The van der Waals surface area contributed by atoms with E-state index < -0.39 is 29.4 Å². The van der Waals surface area contributed by atoms with Gasteiger partial charge in [-0.25, -0.2) is 23.1 Å². The standard InChI is InChI=1S/C19H15F3N4O2/c1-10(18-24-25-19(27)26(18)2)14-4-3-5-15(16(14)20)28-13-7-11(9-23)6-12(8-13)17(21)22/h3-8,10,17H,1-2H3,(H,25,27). The molecule has 3 aromatic rings. The van der Waals surface area contributed by atoms with Crippen LogP contribution in [-0.4, -0.2) is 14.8 Å². The van der Waals surface area contributed by atoms with Crippen molar-refractivity contribution in [2.45, 2.75) is 19.3 Å². The molecule has 28 heavy (non-hydrogen) atoms. The van der Waals surface area contributed by atoms with E-state index in [1.807, 2.05) is 0 Å². The largest absolute Gasteiger partial charge is 0.454 e. The zero-order chi connectivity index (χ0) is 20.4. The van der Waals surface area contributed by atoms with Gasteiger partial charge in [-0.1, -0.05) is 19.1 Å². The molecule has 0 saturated heterocycles. The van der Waals surface area contributed by atoms with Crippen LogP contribution in [0.25, 0.3) is 0 Å². The Morgan fingerprint density at radius 2 is 2.04 bits per heavy atom. The van der Waals surface area contributed by atoms with Crippen LogP contribution in [0.15, 0.2) is 41.2 Å². The van der Waals surface area contributed by atoms with Crippen LogP contribution in [0.2, 0.25) is 0 Å². The SMILES string of the molecule is CC(c1cccc(Oc2cc(C#N)cc(C(F)F)c2)c1F)c1n[nH]c(=O)n1C. The molecule has 0 radical (unpaired) electrons. The third-order valence-electron chi connectivity index (χ3n) is 4.30. The van der Waals surface area contributed by atoms with Crippen molar-refractivity contribution in [3.8, 4) is 17.6 Å². The van der Waals surface area contributed by atoms with Gasteiger partial charge in [0.2, 0.25) is 0 Å². The molecule has 0 aliphatic rings. The van der Waals surface area contributed by atoms with Crippen molar-refractivity contribution >= 4 is 0 Å². The first-order valence-electron chi connectivity index (χ1n) is 8.22. The summed E-state index contributed by atoms with van der Waals surface area (Å²) in [6.07, 6.45) is -2.80. The van der Waals surface area contributed by atoms with Gasteiger partial charge in [0.15, 0.2) is 11.6 Å². The Labute approximate surface area is 157 Å². The average molecular weight is 388 g/mol. The normalized spacial score (nSPS) is 12.0. The molecule has 0 aliphatic carbocycles. The molecule has 0 bridgehead atoms. The number of aromatic amines is 1. The number of alkyl halides is 2. The van der Waals surface area contributed by atoms with Gasteiger partial charge in [-0.05, 0) is 24.3 Å². The summed E-state index contributed by atoms with van der Waals surface area (Å²) < 4.78 is 47.7. The maximum atomic E-state index is 15.0. The summed E-state index contributed by atoms with van der Waals surface area (Å²) in [6, 6.07) is 9.52. The Morgan fingerprint density at radius 1 is 1.29 bits per heavy atom. The fourth-order valence-electron chi connectivity index (χ4n) is 2.83. The van der Waals surface area contributed by atoms with E-state index in [4.69, 9.17) is 10.00 Å². The van der Waals surface area contributed by atoms with Crippen molar-refractivity contribution in [1.29, 1.82) is 5.26 Å². The molecule has 2 aromatic carbocycles. The van der Waals surface area contributed by atoms with Gasteiger partial charge < -0.3 is 4.74 Å². The molecule has 1 aromatic heterocycles. The number of hydrogen-bond donors (Lipinski definition) is 1. The van der Waals surface area contributed by atoms with Gasteiger partial charge in [-0.15, -0.1) is 0 Å². The molecule has 0 aliphatic heterocycles. The fraction of sp³-hybridized carbons (Fsp3) is 0.211. The molecule has 144 valence electrons. The molecule has 1 N–H and O–H groups in total. The third kappa shape index (κ3) is 3.62. The van der Waals surface area contributed by atoms with Gasteiger partial charge in [0, 0.05) is 24.1 Å². The zero-order valence-electron chi connectivity index (χ0n) is 14.9. The quantitative estimate of drug-likeness (QED) is 0.716. The highest BCUT2D eigenvalue weighted by Crippen LogP contribution is 2.33. The third-order valence-corrected chi connectivity index (χ3v) is 4.30. The number of nitrogens with zero attached hydrogens (tertiary/aromatic N) is 3. The predicted molar refractivity (Wildman–Crippen MR) is 93.9 cm³/mol. The molecule has 1 atom stereocenters. The Hall–Kier alpha value is -3.54. The van der Waals surface area contributed by atoms with E-state index in [2.05, 4.69) is 10.2 Å². The van der Waals surface area contributed by atoms with Crippen LogP contribution in [0.1, 0.15) is 41.8 Å². The van der Waals surface area contributed by atoms with Crippen LogP contribution < -0.4 is 10.4 Å². The lowest BCUT2D eigenvalue weighted by Crippen LogP contribution is -2.16. The number of benzene rings is 2. The molecule has 6 nitrogen and oxygen atoms in total. The van der Waals surface area contributed by atoms with Crippen molar-refractivity contribution in [1.82, 2.24) is 14.8 Å². The molecule has 0 amide bonds. The van der Waals surface area contributed by atoms with Crippen molar-refractivity contribution < 1.29 is 17.9 Å². The molecule has 9 heteroatoms. The molecular weight excluding hydrogens is 373 g/mol. The van der Waals surface area contributed by atoms with Crippen LogP contribution >= 0.6 is 0 Å². The number of nitrogens with one attached hydrogen (secondary N) is 1. The second-order valence-electron chi connectivity index (χ2n) is 6.13. The minimum absolute atomic E-state index is 0.0238. The number of ether oxygens (including phenoxy) is 1. The number of hydrogen-bond acceptors (Lipinski definition) is 4. The van der Waals surface area contributed by atoms with Crippen LogP contribution in [0.4, 0.5) is 13.2 Å². The zero-order valence-corrected chi connectivity index (χ0v) is 14.9. The highest BCUT2D eigenvalue weighted by atomic mass is 19.3. The molecule has 0 fully saturated rings. The first-order chi connectivity index (χ1) is 13.3. The maximum absolute atomic E-state index is 15.0. The van der Waals surface area contributed by atoms with E-state index in [-0.39, 0.29) is 22.6 Å². The van der Waals surface area contributed by atoms with Crippen LogP contribution in [0.3, 0.4) is 0 Å². The minimum Gasteiger partial charge on any atom is -0.454 e. The Kier molecular flexibility index (Phi) is 5.22. The summed E-state index contributed by atoms with van der Waals surface area (Å²) >= 11 is 0. The van der Waals surface area contributed by atoms with E-state index in [9.17, 15) is 13.6 Å². The molecule has 1 heterocycles. The first kappa shape index (κ1) is 19.2. The summed E-state index contributed by atoms with van der Waals surface area (Å²) in [5.74, 6) is -1.24. The summed E-state index contributed by atoms with van der Waals surface area (Å²) in [5, 5.41) is 15.2. The molecule has 0 saturated carbocycles. The van der Waals surface area contributed by atoms with Crippen molar-refractivity contribution in [3.63, 3.8) is 0 Å². The number of aromatic nitrogens is 3. The summed E-state index contributed by atoms with van der Waals surface area (Å²) in [5.41, 5.74) is -0.637. The van der Waals surface area contributed by atoms with E-state index >= 15 is 4.39 Å². The van der Waals surface area contributed by atoms with Gasteiger partial charge in [0.1, 0.15) is 11.6 Å². The smallest absolute Gasteiger partial charge is 0.343 e.